The fourth-order valence-corrected chi connectivity index (χ4v) is 3.73. The molecule has 0 aliphatic heterocycles. The third-order valence-electron chi connectivity index (χ3n) is 5.82. The summed E-state index contributed by atoms with van der Waals surface area (Å²) in [6.45, 7) is 2.28. The van der Waals surface area contributed by atoms with Gasteiger partial charge in [0.15, 0.2) is 0 Å². The summed E-state index contributed by atoms with van der Waals surface area (Å²) in [5.41, 5.74) is -0.296. The van der Waals surface area contributed by atoms with E-state index >= 15 is 0 Å². The van der Waals surface area contributed by atoms with E-state index in [1.807, 2.05) is 0 Å². The third-order valence-corrected chi connectivity index (χ3v) is 5.82. The Balaban J connectivity index is 1.70. The molecule has 0 spiro atoms. The SMILES string of the molecule is CCCCCCCCCCCCCCCCCCC1(C(=O)O)CC1. The van der Waals surface area contributed by atoms with Crippen LogP contribution in [-0.2, 0) is 4.79 Å². The zero-order valence-electron chi connectivity index (χ0n) is 16.3. The van der Waals surface area contributed by atoms with Crippen LogP contribution in [0.15, 0.2) is 0 Å². The molecule has 1 fully saturated rings. The molecule has 0 atom stereocenters. The number of rotatable bonds is 18. The van der Waals surface area contributed by atoms with Gasteiger partial charge in [-0.3, -0.25) is 4.79 Å². The summed E-state index contributed by atoms with van der Waals surface area (Å²) in [4.78, 5) is 11.1. The van der Waals surface area contributed by atoms with Crippen LogP contribution in [0.2, 0.25) is 0 Å². The van der Waals surface area contributed by atoms with E-state index in [9.17, 15) is 4.79 Å². The molecule has 0 bridgehead atoms. The second-order valence-electron chi connectivity index (χ2n) is 8.14. The monoisotopic (exact) mass is 338 g/mol. The molecule has 2 nitrogen and oxygen atoms in total. The van der Waals surface area contributed by atoms with Crippen molar-refractivity contribution in [3.8, 4) is 0 Å². The average molecular weight is 339 g/mol. The van der Waals surface area contributed by atoms with Crippen molar-refractivity contribution in [2.75, 3.05) is 0 Å². The Bertz CT molecular complexity index is 307. The van der Waals surface area contributed by atoms with Gasteiger partial charge in [-0.1, -0.05) is 110 Å². The number of aliphatic carboxylic acids is 1. The normalized spacial score (nSPS) is 15.5. The predicted molar refractivity (Wildman–Crippen MR) is 103 cm³/mol. The van der Waals surface area contributed by atoms with Crippen LogP contribution in [0.25, 0.3) is 0 Å². The van der Waals surface area contributed by atoms with Gasteiger partial charge in [-0.15, -0.1) is 0 Å². The van der Waals surface area contributed by atoms with E-state index in [4.69, 9.17) is 5.11 Å². The van der Waals surface area contributed by atoms with Crippen molar-refractivity contribution >= 4 is 5.97 Å². The smallest absolute Gasteiger partial charge is 0.309 e. The Morgan fingerprint density at radius 3 is 1.29 bits per heavy atom. The Kier molecular flexibility index (Phi) is 12.3. The van der Waals surface area contributed by atoms with Gasteiger partial charge in [0.1, 0.15) is 0 Å². The first kappa shape index (κ1) is 21.5. The molecule has 1 N–H and O–H groups in total. The van der Waals surface area contributed by atoms with E-state index in [2.05, 4.69) is 6.92 Å². The molecule has 1 aliphatic carbocycles. The van der Waals surface area contributed by atoms with Gasteiger partial charge >= 0.3 is 5.97 Å². The molecule has 1 rings (SSSR count). The van der Waals surface area contributed by atoms with Crippen molar-refractivity contribution in [3.63, 3.8) is 0 Å². The maximum atomic E-state index is 11.1. The minimum Gasteiger partial charge on any atom is -0.481 e. The van der Waals surface area contributed by atoms with Crippen molar-refractivity contribution in [1.82, 2.24) is 0 Å². The second-order valence-corrected chi connectivity index (χ2v) is 8.14. The van der Waals surface area contributed by atoms with Crippen molar-refractivity contribution < 1.29 is 9.90 Å². The van der Waals surface area contributed by atoms with Crippen molar-refractivity contribution in [2.45, 2.75) is 129 Å². The molecule has 142 valence electrons. The lowest BCUT2D eigenvalue weighted by Crippen LogP contribution is -2.14. The van der Waals surface area contributed by atoms with E-state index in [1.54, 1.807) is 0 Å². The lowest BCUT2D eigenvalue weighted by Gasteiger charge is -2.08. The molecular weight excluding hydrogens is 296 g/mol. The van der Waals surface area contributed by atoms with Crippen LogP contribution in [0.4, 0.5) is 0 Å². The predicted octanol–water partition coefficient (Wildman–Crippen LogP) is 7.50. The van der Waals surface area contributed by atoms with Gasteiger partial charge in [0, 0.05) is 0 Å². The highest BCUT2D eigenvalue weighted by molar-refractivity contribution is 5.77. The summed E-state index contributed by atoms with van der Waals surface area (Å²) in [6.07, 6.45) is 24.8. The van der Waals surface area contributed by atoms with Crippen molar-refractivity contribution in [3.05, 3.63) is 0 Å². The van der Waals surface area contributed by atoms with Crippen molar-refractivity contribution in [2.24, 2.45) is 5.41 Å². The zero-order valence-corrected chi connectivity index (χ0v) is 16.3. The molecule has 0 radical (unpaired) electrons. The summed E-state index contributed by atoms with van der Waals surface area (Å²) >= 11 is 0. The number of carboxylic acids is 1. The summed E-state index contributed by atoms with van der Waals surface area (Å²) in [7, 11) is 0. The van der Waals surface area contributed by atoms with Crippen LogP contribution >= 0.6 is 0 Å². The third kappa shape index (κ3) is 10.4. The van der Waals surface area contributed by atoms with Crippen LogP contribution in [0.1, 0.15) is 129 Å². The van der Waals surface area contributed by atoms with Gasteiger partial charge in [0.05, 0.1) is 5.41 Å². The van der Waals surface area contributed by atoms with Crippen LogP contribution in [-0.4, -0.2) is 11.1 Å². The quantitative estimate of drug-likeness (QED) is 0.263. The number of carbonyl (C=O) groups is 1. The molecule has 0 aromatic rings. The molecule has 0 heterocycles. The van der Waals surface area contributed by atoms with Gasteiger partial charge in [0.25, 0.3) is 0 Å². The molecule has 0 amide bonds. The summed E-state index contributed by atoms with van der Waals surface area (Å²) in [6, 6.07) is 0. The number of carboxylic acid groups (broad SMARTS) is 1. The van der Waals surface area contributed by atoms with Crippen molar-refractivity contribution in [1.29, 1.82) is 0 Å². The molecule has 1 saturated carbocycles. The highest BCUT2D eigenvalue weighted by Gasteiger charge is 2.49. The molecule has 0 unspecified atom stereocenters. The van der Waals surface area contributed by atoms with E-state index in [0.717, 1.165) is 25.7 Å². The molecule has 0 aromatic heterocycles. The standard InChI is InChI=1S/C22H42O2/c1-2-3-4-5-6-7-8-9-10-11-12-13-14-15-16-17-18-22(19-20-22)21(23)24/h2-20H2,1H3,(H,23,24). The van der Waals surface area contributed by atoms with Crippen LogP contribution < -0.4 is 0 Å². The molecular formula is C22H42O2. The highest BCUT2D eigenvalue weighted by Crippen LogP contribution is 2.50. The Morgan fingerprint density at radius 2 is 1.00 bits per heavy atom. The van der Waals surface area contributed by atoms with Gasteiger partial charge in [-0.2, -0.15) is 0 Å². The van der Waals surface area contributed by atoms with Gasteiger partial charge in [-0.05, 0) is 19.3 Å². The number of hydrogen-bond donors (Lipinski definition) is 1. The summed E-state index contributed by atoms with van der Waals surface area (Å²) in [5, 5.41) is 9.13. The number of hydrogen-bond acceptors (Lipinski definition) is 1. The molecule has 1 aliphatic rings. The fourth-order valence-electron chi connectivity index (χ4n) is 3.73. The van der Waals surface area contributed by atoms with E-state index in [-0.39, 0.29) is 5.41 Å². The topological polar surface area (TPSA) is 37.3 Å². The first-order chi connectivity index (χ1) is 11.7. The van der Waals surface area contributed by atoms with E-state index < -0.39 is 5.97 Å². The van der Waals surface area contributed by atoms with Gasteiger partial charge in [0.2, 0.25) is 0 Å². The van der Waals surface area contributed by atoms with Crippen LogP contribution in [0.3, 0.4) is 0 Å². The Labute approximate surface area is 150 Å². The highest BCUT2D eigenvalue weighted by atomic mass is 16.4. The second kappa shape index (κ2) is 13.7. The number of unbranched alkanes of at least 4 members (excludes halogenated alkanes) is 15. The lowest BCUT2D eigenvalue weighted by molar-refractivity contribution is -0.143. The van der Waals surface area contributed by atoms with E-state index in [1.165, 1.54) is 96.3 Å². The van der Waals surface area contributed by atoms with Crippen LogP contribution in [0.5, 0.6) is 0 Å². The molecule has 0 saturated heterocycles. The van der Waals surface area contributed by atoms with Gasteiger partial charge < -0.3 is 5.11 Å². The molecule has 0 aromatic carbocycles. The fraction of sp³-hybridized carbons (Fsp3) is 0.955. The van der Waals surface area contributed by atoms with Gasteiger partial charge in [-0.25, -0.2) is 0 Å². The minimum absolute atomic E-state index is 0.296. The molecule has 2 heteroatoms. The maximum Gasteiger partial charge on any atom is 0.309 e. The largest absolute Gasteiger partial charge is 0.481 e. The van der Waals surface area contributed by atoms with Crippen LogP contribution in [0, 0.1) is 5.41 Å². The van der Waals surface area contributed by atoms with E-state index in [0.29, 0.717) is 0 Å². The minimum atomic E-state index is -0.552. The lowest BCUT2D eigenvalue weighted by atomic mass is 9.97. The molecule has 24 heavy (non-hydrogen) atoms. The zero-order chi connectivity index (χ0) is 17.5. The maximum absolute atomic E-state index is 11.1. The Hall–Kier alpha value is -0.530. The summed E-state index contributed by atoms with van der Waals surface area (Å²) in [5.74, 6) is -0.552. The Morgan fingerprint density at radius 1 is 0.667 bits per heavy atom. The average Bonchev–Trinajstić information content (AvgIpc) is 3.36. The first-order valence-corrected chi connectivity index (χ1v) is 10.9. The summed E-state index contributed by atoms with van der Waals surface area (Å²) < 4.78 is 0. The first-order valence-electron chi connectivity index (χ1n) is 10.9.